The van der Waals surface area contributed by atoms with Gasteiger partial charge in [-0.2, -0.15) is 10.1 Å². The van der Waals surface area contributed by atoms with Crippen LogP contribution in [-0.4, -0.2) is 32.7 Å². The molecular formula is C13H12N6O. The Morgan fingerprint density at radius 2 is 2.10 bits per heavy atom. The van der Waals surface area contributed by atoms with Crippen molar-refractivity contribution >= 4 is 22.8 Å². The van der Waals surface area contributed by atoms with Crippen molar-refractivity contribution in [3.8, 4) is 5.82 Å². The minimum absolute atomic E-state index is 0.332. The quantitative estimate of drug-likeness (QED) is 0.737. The van der Waals surface area contributed by atoms with Crippen molar-refractivity contribution in [1.82, 2.24) is 19.7 Å². The van der Waals surface area contributed by atoms with E-state index in [4.69, 9.17) is 5.73 Å². The number of benzene rings is 1. The molecular weight excluding hydrogens is 256 g/mol. The second-order valence-electron chi connectivity index (χ2n) is 4.18. The molecule has 3 N–H and O–H groups in total. The van der Waals surface area contributed by atoms with Crippen LogP contribution < -0.4 is 11.1 Å². The summed E-state index contributed by atoms with van der Waals surface area (Å²) >= 11 is 0. The Balaban J connectivity index is 2.25. The second kappa shape index (κ2) is 4.61. The predicted octanol–water partition coefficient (Wildman–Crippen LogP) is 0.956. The van der Waals surface area contributed by atoms with Crippen molar-refractivity contribution in [1.29, 1.82) is 0 Å². The molecule has 3 aromatic rings. The number of para-hydroxylation sites is 1. The molecule has 1 aromatic carbocycles. The zero-order valence-corrected chi connectivity index (χ0v) is 10.7. The van der Waals surface area contributed by atoms with Gasteiger partial charge in [-0.15, -0.1) is 0 Å². The van der Waals surface area contributed by atoms with Crippen molar-refractivity contribution in [3.05, 3.63) is 42.2 Å². The van der Waals surface area contributed by atoms with Gasteiger partial charge in [0, 0.05) is 18.6 Å². The van der Waals surface area contributed by atoms with Crippen LogP contribution in [0.25, 0.3) is 16.7 Å². The molecule has 0 aliphatic rings. The molecule has 0 aliphatic carbocycles. The van der Waals surface area contributed by atoms with E-state index in [1.165, 1.54) is 10.9 Å². The summed E-state index contributed by atoms with van der Waals surface area (Å²) in [5, 5.41) is 7.87. The summed E-state index contributed by atoms with van der Waals surface area (Å²) in [6, 6.07) is 7.58. The van der Waals surface area contributed by atoms with Crippen LogP contribution >= 0.6 is 0 Å². The summed E-state index contributed by atoms with van der Waals surface area (Å²) in [6.45, 7) is 0. The molecule has 0 fully saturated rings. The molecule has 3 rings (SSSR count). The first kappa shape index (κ1) is 12.1. The first-order valence-electron chi connectivity index (χ1n) is 5.98. The average molecular weight is 268 g/mol. The molecule has 0 atom stereocenters. The number of aromatic nitrogens is 4. The highest BCUT2D eigenvalue weighted by atomic mass is 16.1. The minimum Gasteiger partial charge on any atom is -0.366 e. The SMILES string of the molecule is CNc1nc(-n2cc(C(N)=O)cn2)c2ccccc2n1. The van der Waals surface area contributed by atoms with E-state index in [2.05, 4.69) is 20.4 Å². The van der Waals surface area contributed by atoms with Crippen molar-refractivity contribution in [2.45, 2.75) is 0 Å². The largest absolute Gasteiger partial charge is 0.366 e. The number of hydrogen-bond acceptors (Lipinski definition) is 5. The van der Waals surface area contributed by atoms with Crippen LogP contribution in [-0.2, 0) is 0 Å². The van der Waals surface area contributed by atoms with Crippen molar-refractivity contribution in [2.24, 2.45) is 5.73 Å². The average Bonchev–Trinajstić information content (AvgIpc) is 2.96. The molecule has 0 spiro atoms. The zero-order valence-electron chi connectivity index (χ0n) is 10.7. The van der Waals surface area contributed by atoms with Crippen LogP contribution in [0.15, 0.2) is 36.7 Å². The summed E-state index contributed by atoms with van der Waals surface area (Å²) in [4.78, 5) is 19.9. The number of hydrogen-bond donors (Lipinski definition) is 2. The maximum absolute atomic E-state index is 11.2. The molecule has 1 amide bonds. The molecule has 0 bridgehead atoms. The van der Waals surface area contributed by atoms with Gasteiger partial charge in [-0.1, -0.05) is 12.1 Å². The van der Waals surface area contributed by atoms with Gasteiger partial charge in [-0.3, -0.25) is 4.79 Å². The standard InChI is InChI=1S/C13H12N6O/c1-15-13-17-10-5-3-2-4-9(10)12(18-13)19-7-8(6-16-19)11(14)20/h2-7H,1H3,(H2,14,20)(H,15,17,18). The molecule has 7 heteroatoms. The molecule has 0 radical (unpaired) electrons. The Hall–Kier alpha value is -2.96. The lowest BCUT2D eigenvalue weighted by molar-refractivity contribution is 0.100. The van der Waals surface area contributed by atoms with Gasteiger partial charge in [0.25, 0.3) is 5.91 Å². The first-order valence-corrected chi connectivity index (χ1v) is 5.98. The minimum atomic E-state index is -0.525. The summed E-state index contributed by atoms with van der Waals surface area (Å²) < 4.78 is 1.52. The smallest absolute Gasteiger partial charge is 0.251 e. The van der Waals surface area contributed by atoms with Gasteiger partial charge in [0.05, 0.1) is 17.3 Å². The Kier molecular flexibility index (Phi) is 2.79. The normalized spacial score (nSPS) is 10.7. The lowest BCUT2D eigenvalue weighted by Gasteiger charge is -2.07. The Labute approximate surface area is 114 Å². The van der Waals surface area contributed by atoms with Crippen molar-refractivity contribution in [3.63, 3.8) is 0 Å². The van der Waals surface area contributed by atoms with E-state index in [0.717, 1.165) is 10.9 Å². The molecule has 0 unspecified atom stereocenters. The van der Waals surface area contributed by atoms with Gasteiger partial charge in [0.1, 0.15) is 0 Å². The number of nitrogens with zero attached hydrogens (tertiary/aromatic N) is 4. The van der Waals surface area contributed by atoms with Crippen molar-refractivity contribution < 1.29 is 4.79 Å². The number of anilines is 1. The first-order chi connectivity index (χ1) is 9.69. The number of rotatable bonds is 3. The van der Waals surface area contributed by atoms with E-state index in [1.54, 1.807) is 13.2 Å². The zero-order chi connectivity index (χ0) is 14.1. The third-order valence-corrected chi connectivity index (χ3v) is 2.89. The van der Waals surface area contributed by atoms with Gasteiger partial charge in [0.15, 0.2) is 5.82 Å². The lowest BCUT2D eigenvalue weighted by atomic mass is 10.2. The number of primary amides is 1. The number of carbonyl (C=O) groups excluding carboxylic acids is 1. The number of amides is 1. The van der Waals surface area contributed by atoms with Gasteiger partial charge in [-0.25, -0.2) is 9.67 Å². The van der Waals surface area contributed by atoms with Gasteiger partial charge < -0.3 is 11.1 Å². The summed E-state index contributed by atoms with van der Waals surface area (Å²) in [7, 11) is 1.74. The van der Waals surface area contributed by atoms with E-state index in [9.17, 15) is 4.79 Å². The molecule has 0 saturated carbocycles. The summed E-state index contributed by atoms with van der Waals surface area (Å²) in [5.74, 6) is 0.547. The van der Waals surface area contributed by atoms with Gasteiger partial charge in [0.2, 0.25) is 5.95 Å². The second-order valence-corrected chi connectivity index (χ2v) is 4.18. The van der Waals surface area contributed by atoms with E-state index in [-0.39, 0.29) is 0 Å². The fraction of sp³-hybridized carbons (Fsp3) is 0.0769. The molecule has 2 heterocycles. The summed E-state index contributed by atoms with van der Waals surface area (Å²) in [5.41, 5.74) is 6.36. The molecule has 0 saturated heterocycles. The van der Waals surface area contributed by atoms with E-state index < -0.39 is 5.91 Å². The number of nitrogens with one attached hydrogen (secondary N) is 1. The predicted molar refractivity (Wildman–Crippen MR) is 74.7 cm³/mol. The van der Waals surface area contributed by atoms with Crippen LogP contribution in [0.3, 0.4) is 0 Å². The van der Waals surface area contributed by atoms with Crippen LogP contribution in [0.1, 0.15) is 10.4 Å². The van der Waals surface area contributed by atoms with Gasteiger partial charge >= 0.3 is 0 Å². The third-order valence-electron chi connectivity index (χ3n) is 2.89. The van der Waals surface area contributed by atoms with Crippen LogP contribution in [0.2, 0.25) is 0 Å². The molecule has 100 valence electrons. The van der Waals surface area contributed by atoms with Crippen LogP contribution in [0.5, 0.6) is 0 Å². The topological polar surface area (TPSA) is 98.7 Å². The highest BCUT2D eigenvalue weighted by Crippen LogP contribution is 2.20. The Morgan fingerprint density at radius 3 is 2.80 bits per heavy atom. The fourth-order valence-corrected chi connectivity index (χ4v) is 1.91. The monoisotopic (exact) mass is 268 g/mol. The van der Waals surface area contributed by atoms with E-state index in [1.807, 2.05) is 24.3 Å². The lowest BCUT2D eigenvalue weighted by Crippen LogP contribution is -2.09. The van der Waals surface area contributed by atoms with Gasteiger partial charge in [-0.05, 0) is 12.1 Å². The molecule has 20 heavy (non-hydrogen) atoms. The maximum Gasteiger partial charge on any atom is 0.251 e. The number of carbonyl (C=O) groups is 1. The molecule has 0 aliphatic heterocycles. The van der Waals surface area contributed by atoms with Crippen LogP contribution in [0.4, 0.5) is 5.95 Å². The van der Waals surface area contributed by atoms with Crippen molar-refractivity contribution in [2.75, 3.05) is 12.4 Å². The fourth-order valence-electron chi connectivity index (χ4n) is 1.91. The molecule has 7 nitrogen and oxygen atoms in total. The van der Waals surface area contributed by atoms with Crippen LogP contribution in [0, 0.1) is 0 Å². The highest BCUT2D eigenvalue weighted by molar-refractivity contribution is 5.92. The highest BCUT2D eigenvalue weighted by Gasteiger charge is 2.11. The summed E-state index contributed by atoms with van der Waals surface area (Å²) in [6.07, 6.45) is 2.97. The maximum atomic E-state index is 11.2. The molecule has 2 aromatic heterocycles. The Bertz CT molecular complexity index is 794. The number of fused-ring (bicyclic) bond motifs is 1. The third kappa shape index (κ3) is 1.95. The van der Waals surface area contributed by atoms with E-state index in [0.29, 0.717) is 17.3 Å². The Morgan fingerprint density at radius 1 is 1.30 bits per heavy atom. The number of nitrogens with two attached hydrogens (primary N) is 1. The van der Waals surface area contributed by atoms with E-state index >= 15 is 0 Å².